The predicted molar refractivity (Wildman–Crippen MR) is 287 cm³/mol. The molecular weight excluding hydrogens is 807 g/mol. The summed E-state index contributed by atoms with van der Waals surface area (Å²) >= 11 is 0. The van der Waals surface area contributed by atoms with E-state index in [1.165, 1.54) is 143 Å². The molecule has 0 fully saturated rings. The molecule has 15 rings (SSSR count). The van der Waals surface area contributed by atoms with Gasteiger partial charge in [0.1, 0.15) is 0 Å². The molecule has 3 heterocycles. The lowest BCUT2D eigenvalue weighted by Gasteiger charge is -2.49. The van der Waals surface area contributed by atoms with Gasteiger partial charge in [0.05, 0.1) is 11.0 Å². The molecule has 0 spiro atoms. The van der Waals surface area contributed by atoms with Crippen molar-refractivity contribution in [2.24, 2.45) is 5.92 Å². The molecule has 67 heavy (non-hydrogen) atoms. The summed E-state index contributed by atoms with van der Waals surface area (Å²) in [6, 6.07) is 62.9. The van der Waals surface area contributed by atoms with Crippen LogP contribution in [0.1, 0.15) is 68.4 Å². The molecule has 1 unspecified atom stereocenters. The van der Waals surface area contributed by atoms with Gasteiger partial charge in [0.2, 0.25) is 0 Å². The molecule has 2 aliphatic heterocycles. The van der Waals surface area contributed by atoms with Crippen LogP contribution >= 0.6 is 0 Å². The molecule has 0 radical (unpaired) electrons. The van der Waals surface area contributed by atoms with Crippen LogP contribution in [0.3, 0.4) is 0 Å². The van der Waals surface area contributed by atoms with E-state index in [1.54, 1.807) is 0 Å². The number of fused-ring (bicyclic) bond motifs is 10. The molecule has 1 nitrogen and oxygen atoms in total. The van der Waals surface area contributed by atoms with Crippen molar-refractivity contribution in [3.8, 4) is 22.3 Å². The highest BCUT2D eigenvalue weighted by Gasteiger charge is 2.50. The number of hydrogen-bond acceptors (Lipinski definition) is 0. The second kappa shape index (κ2) is 13.1. The van der Waals surface area contributed by atoms with Crippen molar-refractivity contribution in [2.75, 3.05) is 0 Å². The van der Waals surface area contributed by atoms with E-state index in [2.05, 4.69) is 214 Å². The van der Waals surface area contributed by atoms with Gasteiger partial charge in [-0.05, 0) is 177 Å². The van der Waals surface area contributed by atoms with Crippen LogP contribution in [0.15, 0.2) is 182 Å². The molecule has 0 N–H and O–H groups in total. The molecule has 2 aliphatic carbocycles. The minimum absolute atomic E-state index is 0.184. The summed E-state index contributed by atoms with van der Waals surface area (Å²) < 4.78 is 2.78. The van der Waals surface area contributed by atoms with Gasteiger partial charge in [-0.2, -0.15) is 0 Å². The van der Waals surface area contributed by atoms with E-state index in [0.29, 0.717) is 0 Å². The topological polar surface area (TPSA) is 4.93 Å². The summed E-state index contributed by atoms with van der Waals surface area (Å²) in [7, 11) is 0. The van der Waals surface area contributed by atoms with Gasteiger partial charge in [-0.25, -0.2) is 0 Å². The number of hydrogen-bond donors (Lipinski definition) is 0. The Labute approximate surface area is 391 Å². The molecule has 4 aliphatic rings. The SMILES string of the molecule is CC1(C)C2=C3C(CC(c4cc5ccccc5c5ccccc45)=C2)C(C)(C)c2cc(-c4cc5ccccc5c5ccccc45)cc4c5cc(-c6cc7ccccc7c7c6C=CCC7)cc1c5n3c24. The van der Waals surface area contributed by atoms with Gasteiger partial charge in [-0.15, -0.1) is 0 Å². The molecule has 0 saturated carbocycles. The minimum atomic E-state index is -0.276. The molecule has 0 bridgehead atoms. The van der Waals surface area contributed by atoms with Gasteiger partial charge >= 0.3 is 0 Å². The highest BCUT2D eigenvalue weighted by Crippen LogP contribution is 2.62. The predicted octanol–water partition coefficient (Wildman–Crippen LogP) is 17.8. The average molecular weight is 856 g/mol. The Bertz CT molecular complexity index is 4180. The van der Waals surface area contributed by atoms with Crippen molar-refractivity contribution >= 4 is 93.0 Å². The van der Waals surface area contributed by atoms with Crippen LogP contribution in [0.5, 0.6) is 0 Å². The second-order valence-electron chi connectivity index (χ2n) is 21.1. The van der Waals surface area contributed by atoms with Gasteiger partial charge < -0.3 is 4.57 Å². The van der Waals surface area contributed by atoms with Gasteiger partial charge in [-0.1, -0.05) is 167 Å². The summed E-state index contributed by atoms with van der Waals surface area (Å²) in [6.07, 6.45) is 10.6. The standard InChI is InChI=1S/C66H49N/c1-65(2)58-34-41(53-29-38-17-5-8-20-44(38)47-23-11-14-26-50(47)53)32-56-57-33-42(54-30-39-18-6-9-21-45(39)48-24-12-15-27-51(48)54)35-59-63(57)67(62(56)58)64-60(65)36-43(37-61(64)66(59,3)4)55-31-40-19-7-10-22-46(40)49-25-13-16-28-52(49)55/h5-11,13-23,25-35,37,60H,12,24,36H2,1-4H3. The van der Waals surface area contributed by atoms with Gasteiger partial charge in [0.25, 0.3) is 0 Å². The lowest BCUT2D eigenvalue weighted by Crippen LogP contribution is -2.41. The fourth-order valence-electron chi connectivity index (χ4n) is 13.7. The first-order valence-corrected chi connectivity index (χ1v) is 24.4. The number of aromatic nitrogens is 1. The summed E-state index contributed by atoms with van der Waals surface area (Å²) in [4.78, 5) is 0. The third kappa shape index (κ3) is 4.94. The first-order valence-electron chi connectivity index (χ1n) is 24.4. The fourth-order valence-corrected chi connectivity index (χ4v) is 13.7. The Hall–Kier alpha value is -7.48. The molecule has 10 aromatic carbocycles. The van der Waals surface area contributed by atoms with Crippen molar-refractivity contribution in [3.63, 3.8) is 0 Å². The third-order valence-corrected chi connectivity index (χ3v) is 17.0. The van der Waals surface area contributed by atoms with Crippen LogP contribution in [-0.2, 0) is 17.3 Å². The van der Waals surface area contributed by atoms with E-state index in [0.717, 1.165) is 19.3 Å². The smallest absolute Gasteiger partial charge is 0.0579 e. The van der Waals surface area contributed by atoms with Crippen molar-refractivity contribution < 1.29 is 0 Å². The molecule has 11 aromatic rings. The zero-order chi connectivity index (χ0) is 44.5. The molecule has 1 heteroatoms. The van der Waals surface area contributed by atoms with E-state index >= 15 is 0 Å². The first-order chi connectivity index (χ1) is 32.7. The van der Waals surface area contributed by atoms with Gasteiger partial charge in [0.15, 0.2) is 0 Å². The molecule has 0 saturated heterocycles. The Morgan fingerprint density at radius 3 is 1.66 bits per heavy atom. The summed E-state index contributed by atoms with van der Waals surface area (Å²) in [5.74, 6) is 0.257. The highest BCUT2D eigenvalue weighted by molar-refractivity contribution is 6.20. The van der Waals surface area contributed by atoms with E-state index in [1.807, 2.05) is 0 Å². The zero-order valence-corrected chi connectivity index (χ0v) is 38.5. The number of aryl methyl sites for hydroxylation is 1. The normalized spacial score (nSPS) is 17.7. The molecule has 1 atom stereocenters. The monoisotopic (exact) mass is 855 g/mol. The maximum Gasteiger partial charge on any atom is 0.0579 e. The van der Waals surface area contributed by atoms with E-state index < -0.39 is 0 Å². The zero-order valence-electron chi connectivity index (χ0n) is 38.5. The Morgan fingerprint density at radius 2 is 0.985 bits per heavy atom. The maximum atomic E-state index is 2.78. The third-order valence-electron chi connectivity index (χ3n) is 17.0. The van der Waals surface area contributed by atoms with Crippen LogP contribution in [0.2, 0.25) is 0 Å². The largest absolute Gasteiger partial charge is 0.312 e. The first kappa shape index (κ1) is 37.7. The van der Waals surface area contributed by atoms with Crippen molar-refractivity contribution in [1.82, 2.24) is 4.57 Å². The van der Waals surface area contributed by atoms with Crippen LogP contribution in [0.25, 0.3) is 115 Å². The van der Waals surface area contributed by atoms with Crippen LogP contribution < -0.4 is 0 Å². The Kier molecular flexibility index (Phi) is 7.38. The molecule has 318 valence electrons. The Balaban J connectivity index is 1.08. The summed E-state index contributed by atoms with van der Waals surface area (Å²) in [5, 5.41) is 15.9. The van der Waals surface area contributed by atoms with E-state index in [-0.39, 0.29) is 16.7 Å². The maximum absolute atomic E-state index is 2.78. The van der Waals surface area contributed by atoms with Crippen molar-refractivity contribution in [1.29, 1.82) is 0 Å². The fraction of sp³-hybridized carbons (Fsp3) is 0.152. The van der Waals surface area contributed by atoms with Crippen molar-refractivity contribution in [2.45, 2.75) is 57.8 Å². The summed E-state index contributed by atoms with van der Waals surface area (Å²) in [5.41, 5.74) is 19.1. The summed E-state index contributed by atoms with van der Waals surface area (Å²) in [6.45, 7) is 10.2. The molecule has 0 amide bonds. The second-order valence-corrected chi connectivity index (χ2v) is 21.1. The van der Waals surface area contributed by atoms with Crippen molar-refractivity contribution in [3.05, 3.63) is 209 Å². The van der Waals surface area contributed by atoms with Gasteiger partial charge in [-0.3, -0.25) is 0 Å². The number of nitrogens with zero attached hydrogens (tertiary/aromatic N) is 1. The van der Waals surface area contributed by atoms with Gasteiger partial charge in [0, 0.05) is 33.2 Å². The quantitative estimate of drug-likeness (QED) is 0.156. The van der Waals surface area contributed by atoms with Crippen LogP contribution in [0.4, 0.5) is 0 Å². The van der Waals surface area contributed by atoms with E-state index in [4.69, 9.17) is 0 Å². The minimum Gasteiger partial charge on any atom is -0.312 e. The average Bonchev–Trinajstić information content (AvgIpc) is 3.70. The highest BCUT2D eigenvalue weighted by atomic mass is 15.0. The van der Waals surface area contributed by atoms with Crippen LogP contribution in [-0.4, -0.2) is 4.57 Å². The number of allylic oxidation sites excluding steroid dienone is 5. The molecule has 1 aromatic heterocycles. The Morgan fingerprint density at radius 1 is 0.478 bits per heavy atom. The lowest BCUT2D eigenvalue weighted by atomic mass is 9.60. The van der Waals surface area contributed by atoms with Crippen LogP contribution in [0, 0.1) is 5.92 Å². The number of rotatable bonds is 3. The molecular formula is C66H49N. The number of benzene rings is 10. The van der Waals surface area contributed by atoms with E-state index in [9.17, 15) is 0 Å². The lowest BCUT2D eigenvalue weighted by molar-refractivity contribution is 0.375.